The number of aromatic nitrogens is 4. The average molecular weight is 254 g/mol. The van der Waals surface area contributed by atoms with Crippen LogP contribution in [-0.4, -0.2) is 20.4 Å². The SMILES string of the molecule is Nc1nnc(CC=CCc2nnc(N)s2)s1. The molecule has 0 bridgehead atoms. The van der Waals surface area contributed by atoms with Crippen molar-refractivity contribution in [3.05, 3.63) is 22.2 Å². The molecule has 2 heterocycles. The summed E-state index contributed by atoms with van der Waals surface area (Å²) in [6.45, 7) is 0. The molecular formula is C8H10N6S2. The van der Waals surface area contributed by atoms with Crippen LogP contribution in [0, 0.1) is 0 Å². The lowest BCUT2D eigenvalue weighted by Crippen LogP contribution is -1.82. The van der Waals surface area contributed by atoms with Gasteiger partial charge in [-0.15, -0.1) is 20.4 Å². The Morgan fingerprint density at radius 3 is 1.56 bits per heavy atom. The Balaban J connectivity index is 1.82. The Bertz CT molecular complexity index is 444. The third-order valence-corrected chi connectivity index (χ3v) is 3.27. The van der Waals surface area contributed by atoms with E-state index in [-0.39, 0.29) is 0 Å². The second-order valence-corrected chi connectivity index (χ2v) is 5.14. The standard InChI is InChI=1S/C8H10N6S2/c9-7-13-11-5(15-7)3-1-2-4-6-12-14-8(10)16-6/h1-2H,3-4H2,(H2,9,13)(H2,10,14). The smallest absolute Gasteiger partial charge is 0.203 e. The van der Waals surface area contributed by atoms with Gasteiger partial charge >= 0.3 is 0 Å². The number of allylic oxidation sites excluding steroid dienone is 2. The first-order chi connectivity index (χ1) is 7.74. The molecule has 4 N–H and O–H groups in total. The molecule has 0 aliphatic heterocycles. The Morgan fingerprint density at radius 1 is 0.812 bits per heavy atom. The fourth-order valence-electron chi connectivity index (χ4n) is 1.07. The van der Waals surface area contributed by atoms with Crippen molar-refractivity contribution in [2.75, 3.05) is 11.5 Å². The quantitative estimate of drug-likeness (QED) is 0.785. The van der Waals surface area contributed by atoms with E-state index in [4.69, 9.17) is 11.5 Å². The first-order valence-electron chi connectivity index (χ1n) is 4.55. The zero-order chi connectivity index (χ0) is 11.4. The number of nitrogens with zero attached hydrogens (tertiary/aromatic N) is 4. The van der Waals surface area contributed by atoms with E-state index in [0.717, 1.165) is 22.9 Å². The van der Waals surface area contributed by atoms with Crippen molar-refractivity contribution in [2.45, 2.75) is 12.8 Å². The number of nitrogens with two attached hydrogens (primary N) is 2. The van der Waals surface area contributed by atoms with E-state index in [2.05, 4.69) is 20.4 Å². The molecule has 84 valence electrons. The molecule has 0 spiro atoms. The molecule has 0 aromatic carbocycles. The van der Waals surface area contributed by atoms with E-state index < -0.39 is 0 Å². The summed E-state index contributed by atoms with van der Waals surface area (Å²) >= 11 is 2.79. The minimum Gasteiger partial charge on any atom is -0.374 e. The Kier molecular flexibility index (Phi) is 3.42. The number of anilines is 2. The van der Waals surface area contributed by atoms with Crippen molar-refractivity contribution < 1.29 is 0 Å². The predicted octanol–water partition coefficient (Wildman–Crippen LogP) is 0.895. The van der Waals surface area contributed by atoms with Gasteiger partial charge in [-0.05, 0) is 0 Å². The highest BCUT2D eigenvalue weighted by Gasteiger charge is 1.99. The predicted molar refractivity (Wildman–Crippen MR) is 65.2 cm³/mol. The van der Waals surface area contributed by atoms with Gasteiger partial charge in [0.1, 0.15) is 10.0 Å². The summed E-state index contributed by atoms with van der Waals surface area (Å²) in [7, 11) is 0. The molecule has 2 aromatic rings. The van der Waals surface area contributed by atoms with Crippen LogP contribution >= 0.6 is 22.7 Å². The first-order valence-corrected chi connectivity index (χ1v) is 6.18. The number of hydrogen-bond acceptors (Lipinski definition) is 8. The Morgan fingerprint density at radius 2 is 1.25 bits per heavy atom. The average Bonchev–Trinajstić information content (AvgIpc) is 2.83. The van der Waals surface area contributed by atoms with Crippen molar-refractivity contribution in [1.29, 1.82) is 0 Å². The van der Waals surface area contributed by atoms with E-state index in [1.165, 1.54) is 22.7 Å². The molecule has 0 amide bonds. The van der Waals surface area contributed by atoms with Crippen LogP contribution < -0.4 is 11.5 Å². The molecule has 0 unspecified atom stereocenters. The molecule has 16 heavy (non-hydrogen) atoms. The topological polar surface area (TPSA) is 104 Å². The molecule has 2 aromatic heterocycles. The van der Waals surface area contributed by atoms with E-state index in [1.54, 1.807) is 0 Å². The van der Waals surface area contributed by atoms with E-state index in [1.807, 2.05) is 12.2 Å². The molecule has 8 heteroatoms. The third kappa shape index (κ3) is 2.97. The van der Waals surface area contributed by atoms with Crippen molar-refractivity contribution in [3.8, 4) is 0 Å². The fourth-order valence-corrected chi connectivity index (χ4v) is 2.23. The van der Waals surface area contributed by atoms with Crippen LogP contribution in [0.15, 0.2) is 12.2 Å². The Labute approximate surface area is 100 Å². The monoisotopic (exact) mass is 254 g/mol. The van der Waals surface area contributed by atoms with E-state index in [9.17, 15) is 0 Å². The van der Waals surface area contributed by atoms with Crippen molar-refractivity contribution >= 4 is 32.9 Å². The molecular weight excluding hydrogens is 244 g/mol. The van der Waals surface area contributed by atoms with Crippen LogP contribution in [0.2, 0.25) is 0 Å². The van der Waals surface area contributed by atoms with Gasteiger partial charge in [0.2, 0.25) is 10.3 Å². The van der Waals surface area contributed by atoms with Crippen LogP contribution in [0.25, 0.3) is 0 Å². The van der Waals surface area contributed by atoms with Crippen molar-refractivity contribution in [3.63, 3.8) is 0 Å². The maximum absolute atomic E-state index is 5.47. The summed E-state index contributed by atoms with van der Waals surface area (Å²) in [4.78, 5) is 0. The number of rotatable bonds is 4. The van der Waals surface area contributed by atoms with Gasteiger partial charge in [0.15, 0.2) is 0 Å². The highest BCUT2D eigenvalue weighted by Crippen LogP contribution is 2.13. The lowest BCUT2D eigenvalue weighted by atomic mass is 10.3. The maximum atomic E-state index is 5.47. The molecule has 0 saturated carbocycles. The second-order valence-electron chi connectivity index (χ2n) is 2.95. The van der Waals surface area contributed by atoms with Gasteiger partial charge in [-0.3, -0.25) is 0 Å². The van der Waals surface area contributed by atoms with Crippen LogP contribution in [0.1, 0.15) is 10.0 Å². The van der Waals surface area contributed by atoms with Gasteiger partial charge in [0.25, 0.3) is 0 Å². The second kappa shape index (κ2) is 4.99. The molecule has 0 radical (unpaired) electrons. The summed E-state index contributed by atoms with van der Waals surface area (Å²) in [6, 6.07) is 0. The molecule has 2 rings (SSSR count). The van der Waals surface area contributed by atoms with Crippen LogP contribution in [0.3, 0.4) is 0 Å². The minimum absolute atomic E-state index is 0.500. The lowest BCUT2D eigenvalue weighted by Gasteiger charge is -1.86. The summed E-state index contributed by atoms with van der Waals surface area (Å²) < 4.78 is 0. The maximum Gasteiger partial charge on any atom is 0.203 e. The van der Waals surface area contributed by atoms with Gasteiger partial charge in [0.05, 0.1) is 0 Å². The summed E-state index contributed by atoms with van der Waals surface area (Å²) in [5.74, 6) is 0. The molecule has 0 atom stereocenters. The van der Waals surface area contributed by atoms with Crippen LogP contribution in [0.4, 0.5) is 10.3 Å². The number of nitrogen functional groups attached to an aromatic ring is 2. The van der Waals surface area contributed by atoms with Gasteiger partial charge in [-0.2, -0.15) is 0 Å². The highest BCUT2D eigenvalue weighted by atomic mass is 32.1. The van der Waals surface area contributed by atoms with Gasteiger partial charge in [0, 0.05) is 12.8 Å². The van der Waals surface area contributed by atoms with E-state index >= 15 is 0 Å². The summed E-state index contributed by atoms with van der Waals surface area (Å²) in [5, 5.41) is 18.1. The van der Waals surface area contributed by atoms with Crippen LogP contribution in [0.5, 0.6) is 0 Å². The van der Waals surface area contributed by atoms with Gasteiger partial charge in [-0.25, -0.2) is 0 Å². The van der Waals surface area contributed by atoms with Crippen LogP contribution in [-0.2, 0) is 12.8 Å². The molecule has 6 nitrogen and oxygen atoms in total. The highest BCUT2D eigenvalue weighted by molar-refractivity contribution is 7.15. The summed E-state index contributed by atoms with van der Waals surface area (Å²) in [5.41, 5.74) is 10.9. The normalized spacial score (nSPS) is 11.2. The summed E-state index contributed by atoms with van der Waals surface area (Å²) in [6.07, 6.45) is 5.50. The minimum atomic E-state index is 0.500. The molecule has 0 fully saturated rings. The van der Waals surface area contributed by atoms with Gasteiger partial charge < -0.3 is 11.5 Å². The zero-order valence-corrected chi connectivity index (χ0v) is 9.96. The van der Waals surface area contributed by atoms with Crippen molar-refractivity contribution in [1.82, 2.24) is 20.4 Å². The third-order valence-electron chi connectivity index (χ3n) is 1.72. The first kappa shape index (κ1) is 11.0. The zero-order valence-electron chi connectivity index (χ0n) is 8.33. The largest absolute Gasteiger partial charge is 0.374 e. The Hall–Kier alpha value is -1.54. The van der Waals surface area contributed by atoms with E-state index in [0.29, 0.717) is 10.3 Å². The van der Waals surface area contributed by atoms with Crippen molar-refractivity contribution in [2.24, 2.45) is 0 Å². The number of hydrogen-bond donors (Lipinski definition) is 2. The molecule has 0 saturated heterocycles. The lowest BCUT2D eigenvalue weighted by molar-refractivity contribution is 1.01. The molecule has 0 aliphatic rings. The van der Waals surface area contributed by atoms with Gasteiger partial charge in [-0.1, -0.05) is 34.8 Å². The molecule has 0 aliphatic carbocycles. The fraction of sp³-hybridized carbons (Fsp3) is 0.250.